The highest BCUT2D eigenvalue weighted by Gasteiger charge is 2.41. The summed E-state index contributed by atoms with van der Waals surface area (Å²) < 4.78 is 0. The van der Waals surface area contributed by atoms with Gasteiger partial charge in [0.05, 0.1) is 21.3 Å². The second-order valence-corrected chi connectivity index (χ2v) is 6.58. The van der Waals surface area contributed by atoms with Gasteiger partial charge in [-0.1, -0.05) is 52.5 Å². The third-order valence-corrected chi connectivity index (χ3v) is 4.51. The number of carbonyl (C=O) groups excluding carboxylic acids is 2. The van der Waals surface area contributed by atoms with E-state index in [-0.39, 0.29) is 31.9 Å². The molecule has 0 aliphatic carbocycles. The Labute approximate surface area is 156 Å². The number of rotatable bonds is 2. The van der Waals surface area contributed by atoms with Gasteiger partial charge in [-0.3, -0.25) is 9.59 Å². The van der Waals surface area contributed by atoms with Gasteiger partial charge in [0, 0.05) is 15.6 Å². The number of imide groups is 1. The summed E-state index contributed by atoms with van der Waals surface area (Å²) >= 11 is 23.9. The average molecular weight is 403 g/mol. The van der Waals surface area contributed by atoms with Crippen molar-refractivity contribution in [3.05, 3.63) is 67.8 Å². The highest BCUT2D eigenvalue weighted by Crippen LogP contribution is 2.38. The minimum Gasteiger partial charge on any atom is -0.502 e. The fourth-order valence-corrected chi connectivity index (χ4v) is 3.20. The largest absolute Gasteiger partial charge is 0.502 e. The first-order chi connectivity index (χ1) is 11.3. The van der Waals surface area contributed by atoms with Crippen LogP contribution in [0.5, 0.6) is 0 Å². The number of hydrogen-bond donors (Lipinski definition) is 1. The van der Waals surface area contributed by atoms with E-state index in [0.29, 0.717) is 5.02 Å². The number of halogens is 4. The topological polar surface area (TPSA) is 57.6 Å². The Morgan fingerprint density at radius 1 is 0.792 bits per heavy atom. The number of carbonyl (C=O) groups is 2. The SMILES string of the molecule is O=C1C(O)=C(c2ccc(Cl)cc2Cl)C(=O)N1c1cc(Cl)ccc1Cl. The Balaban J connectivity index is 2.13. The van der Waals surface area contributed by atoms with Crippen LogP contribution in [0, 0.1) is 0 Å². The van der Waals surface area contributed by atoms with Crippen molar-refractivity contribution in [3.63, 3.8) is 0 Å². The van der Waals surface area contributed by atoms with Crippen LogP contribution in [0.15, 0.2) is 42.2 Å². The summed E-state index contributed by atoms with van der Waals surface area (Å²) in [6, 6.07) is 8.68. The number of hydrogen-bond acceptors (Lipinski definition) is 3. The van der Waals surface area contributed by atoms with Crippen molar-refractivity contribution in [2.24, 2.45) is 0 Å². The molecule has 0 spiro atoms. The molecular weight excluding hydrogens is 396 g/mol. The number of aliphatic hydroxyl groups is 1. The van der Waals surface area contributed by atoms with E-state index in [1.165, 1.54) is 36.4 Å². The van der Waals surface area contributed by atoms with Gasteiger partial charge >= 0.3 is 5.91 Å². The predicted molar refractivity (Wildman–Crippen MR) is 95.0 cm³/mol. The Bertz CT molecular complexity index is 924. The lowest BCUT2D eigenvalue weighted by atomic mass is 10.1. The van der Waals surface area contributed by atoms with Gasteiger partial charge in [-0.25, -0.2) is 4.90 Å². The Kier molecular flexibility index (Phi) is 4.49. The van der Waals surface area contributed by atoms with E-state index < -0.39 is 17.6 Å². The van der Waals surface area contributed by atoms with Crippen molar-refractivity contribution in [1.82, 2.24) is 0 Å². The molecule has 0 unspecified atom stereocenters. The quantitative estimate of drug-likeness (QED) is 0.707. The fourth-order valence-electron chi connectivity index (χ4n) is 2.33. The average Bonchev–Trinajstić information content (AvgIpc) is 2.73. The normalized spacial score (nSPS) is 14.8. The highest BCUT2D eigenvalue weighted by atomic mass is 35.5. The van der Waals surface area contributed by atoms with Crippen molar-refractivity contribution in [1.29, 1.82) is 0 Å². The van der Waals surface area contributed by atoms with Gasteiger partial charge in [-0.15, -0.1) is 0 Å². The molecule has 2 amide bonds. The second kappa shape index (κ2) is 6.30. The van der Waals surface area contributed by atoms with E-state index in [9.17, 15) is 14.7 Å². The molecule has 0 bridgehead atoms. The third kappa shape index (κ3) is 2.76. The maximum atomic E-state index is 12.7. The monoisotopic (exact) mass is 401 g/mol. The fraction of sp³-hybridized carbons (Fsp3) is 0. The number of aliphatic hydroxyl groups excluding tert-OH is 1. The molecule has 2 aromatic rings. The number of amides is 2. The first kappa shape index (κ1) is 17.1. The predicted octanol–water partition coefficient (Wildman–Crippen LogP) is 5.14. The van der Waals surface area contributed by atoms with Gasteiger partial charge < -0.3 is 5.11 Å². The van der Waals surface area contributed by atoms with Crippen molar-refractivity contribution < 1.29 is 14.7 Å². The third-order valence-electron chi connectivity index (χ3n) is 3.41. The van der Waals surface area contributed by atoms with Crippen molar-refractivity contribution in [3.8, 4) is 0 Å². The zero-order chi connectivity index (χ0) is 17.6. The van der Waals surface area contributed by atoms with Crippen molar-refractivity contribution >= 4 is 69.5 Å². The summed E-state index contributed by atoms with van der Waals surface area (Å²) in [7, 11) is 0. The van der Waals surface area contributed by atoms with Gasteiger partial charge in [0.25, 0.3) is 5.91 Å². The molecule has 1 heterocycles. The molecule has 1 aliphatic rings. The van der Waals surface area contributed by atoms with E-state index >= 15 is 0 Å². The van der Waals surface area contributed by atoms with E-state index in [2.05, 4.69) is 0 Å². The van der Waals surface area contributed by atoms with Crippen LogP contribution in [0.1, 0.15) is 5.56 Å². The number of nitrogens with zero attached hydrogens (tertiary/aromatic N) is 1. The van der Waals surface area contributed by atoms with Gasteiger partial charge in [-0.2, -0.15) is 0 Å². The number of benzene rings is 2. The van der Waals surface area contributed by atoms with Gasteiger partial charge in [0.1, 0.15) is 0 Å². The van der Waals surface area contributed by atoms with Crippen LogP contribution in [0.25, 0.3) is 5.57 Å². The van der Waals surface area contributed by atoms with E-state index in [0.717, 1.165) is 4.90 Å². The maximum absolute atomic E-state index is 12.7. The first-order valence-corrected chi connectivity index (χ1v) is 8.05. The van der Waals surface area contributed by atoms with Crippen LogP contribution in [-0.2, 0) is 9.59 Å². The molecule has 8 heteroatoms. The molecule has 2 aromatic carbocycles. The summed E-state index contributed by atoms with van der Waals surface area (Å²) in [5, 5.41) is 11.1. The molecule has 24 heavy (non-hydrogen) atoms. The molecule has 0 saturated carbocycles. The molecule has 0 fully saturated rings. The van der Waals surface area contributed by atoms with Crippen LogP contribution >= 0.6 is 46.4 Å². The molecular formula is C16H7Cl4NO3. The molecule has 4 nitrogen and oxygen atoms in total. The molecule has 122 valence electrons. The minimum absolute atomic E-state index is 0.0748. The Hall–Kier alpha value is -1.72. The second-order valence-electron chi connectivity index (χ2n) is 4.89. The van der Waals surface area contributed by atoms with Crippen molar-refractivity contribution in [2.75, 3.05) is 4.90 Å². The standard InChI is InChI=1S/C16H7Cl4NO3/c17-7-1-3-9(11(20)5-7)13-14(22)16(24)21(15(13)23)12-6-8(18)2-4-10(12)19/h1-6,22H. The molecule has 0 saturated heterocycles. The lowest BCUT2D eigenvalue weighted by Crippen LogP contribution is -2.31. The molecule has 1 N–H and O–H groups in total. The lowest BCUT2D eigenvalue weighted by molar-refractivity contribution is -0.121. The molecule has 1 aliphatic heterocycles. The van der Waals surface area contributed by atoms with Gasteiger partial charge in [0.15, 0.2) is 5.76 Å². The summed E-state index contributed by atoms with van der Waals surface area (Å²) in [5.41, 5.74) is 0.0427. The Morgan fingerprint density at radius 2 is 1.42 bits per heavy atom. The van der Waals surface area contributed by atoms with Crippen LogP contribution in [0.3, 0.4) is 0 Å². The minimum atomic E-state index is -0.912. The summed E-state index contributed by atoms with van der Waals surface area (Å²) in [5.74, 6) is -2.39. The zero-order valence-electron chi connectivity index (χ0n) is 11.7. The van der Waals surface area contributed by atoms with Gasteiger partial charge in [0.2, 0.25) is 0 Å². The van der Waals surface area contributed by atoms with Crippen molar-refractivity contribution in [2.45, 2.75) is 0 Å². The first-order valence-electron chi connectivity index (χ1n) is 6.53. The number of anilines is 1. The Morgan fingerprint density at radius 3 is 2.08 bits per heavy atom. The molecule has 0 radical (unpaired) electrons. The summed E-state index contributed by atoms with van der Waals surface area (Å²) in [4.78, 5) is 25.8. The lowest BCUT2D eigenvalue weighted by Gasteiger charge is -2.16. The smallest absolute Gasteiger partial charge is 0.301 e. The van der Waals surface area contributed by atoms with E-state index in [4.69, 9.17) is 46.4 Å². The van der Waals surface area contributed by atoms with Crippen LogP contribution in [0.2, 0.25) is 20.1 Å². The van der Waals surface area contributed by atoms with E-state index in [1.54, 1.807) is 0 Å². The van der Waals surface area contributed by atoms with Crippen LogP contribution in [-0.4, -0.2) is 16.9 Å². The maximum Gasteiger partial charge on any atom is 0.301 e. The highest BCUT2D eigenvalue weighted by molar-refractivity contribution is 6.48. The van der Waals surface area contributed by atoms with Crippen LogP contribution < -0.4 is 4.90 Å². The zero-order valence-corrected chi connectivity index (χ0v) is 14.7. The molecule has 0 aromatic heterocycles. The van der Waals surface area contributed by atoms with Gasteiger partial charge in [-0.05, 0) is 30.3 Å². The van der Waals surface area contributed by atoms with Crippen LogP contribution in [0.4, 0.5) is 5.69 Å². The molecule has 0 atom stereocenters. The summed E-state index contributed by atoms with van der Waals surface area (Å²) in [6.07, 6.45) is 0. The van der Waals surface area contributed by atoms with E-state index in [1.807, 2.05) is 0 Å². The molecule has 3 rings (SSSR count). The summed E-state index contributed by atoms with van der Waals surface area (Å²) in [6.45, 7) is 0.